The number of nitriles is 1. The van der Waals surface area contributed by atoms with Crippen LogP contribution in [0.3, 0.4) is 0 Å². The fourth-order valence-corrected chi connectivity index (χ4v) is 2.02. The lowest BCUT2D eigenvalue weighted by Crippen LogP contribution is -1.97. The van der Waals surface area contributed by atoms with Crippen LogP contribution in [0.1, 0.15) is 32.6 Å². The number of ketones is 1. The van der Waals surface area contributed by atoms with Gasteiger partial charge in [0, 0.05) is 5.56 Å². The second-order valence-corrected chi connectivity index (χ2v) is 4.75. The summed E-state index contributed by atoms with van der Waals surface area (Å²) in [6.45, 7) is 3.95. The second-order valence-electron chi connectivity index (χ2n) is 4.75. The number of aryl methyl sites for hydroxylation is 2. The fourth-order valence-electron chi connectivity index (χ4n) is 2.02. The van der Waals surface area contributed by atoms with Crippen LogP contribution >= 0.6 is 0 Å². The van der Waals surface area contributed by atoms with Gasteiger partial charge in [-0.05, 0) is 43.2 Å². The van der Waals surface area contributed by atoms with Gasteiger partial charge in [-0.2, -0.15) is 5.26 Å². The Bertz CT molecular complexity index is 703. The van der Waals surface area contributed by atoms with E-state index in [1.165, 1.54) is 0 Å². The topological polar surface area (TPSA) is 40.9 Å². The van der Waals surface area contributed by atoms with Crippen molar-refractivity contribution in [3.63, 3.8) is 0 Å². The van der Waals surface area contributed by atoms with E-state index in [1.54, 1.807) is 24.3 Å². The maximum atomic E-state index is 12.1. The number of benzene rings is 2. The number of hydrogen-bond acceptors (Lipinski definition) is 2. The van der Waals surface area contributed by atoms with Crippen LogP contribution in [0.5, 0.6) is 0 Å². The van der Waals surface area contributed by atoms with E-state index in [0.717, 1.165) is 22.3 Å². The van der Waals surface area contributed by atoms with Gasteiger partial charge in [0.25, 0.3) is 0 Å². The summed E-state index contributed by atoms with van der Waals surface area (Å²) >= 11 is 0. The molecule has 0 bridgehead atoms. The molecule has 0 aliphatic rings. The largest absolute Gasteiger partial charge is 0.289 e. The Morgan fingerprint density at radius 1 is 1.10 bits per heavy atom. The molecule has 0 saturated carbocycles. The highest BCUT2D eigenvalue weighted by Crippen LogP contribution is 2.13. The van der Waals surface area contributed by atoms with E-state index in [4.69, 9.17) is 5.26 Å². The maximum Gasteiger partial charge on any atom is 0.186 e. The smallest absolute Gasteiger partial charge is 0.186 e. The third kappa shape index (κ3) is 3.21. The van der Waals surface area contributed by atoms with Crippen LogP contribution < -0.4 is 0 Å². The van der Waals surface area contributed by atoms with Gasteiger partial charge in [0.2, 0.25) is 0 Å². The van der Waals surface area contributed by atoms with E-state index in [2.05, 4.69) is 6.07 Å². The molecule has 0 radical (unpaired) electrons. The van der Waals surface area contributed by atoms with Gasteiger partial charge in [-0.25, -0.2) is 0 Å². The van der Waals surface area contributed by atoms with Crippen molar-refractivity contribution < 1.29 is 4.79 Å². The lowest BCUT2D eigenvalue weighted by molar-refractivity contribution is 0.104. The van der Waals surface area contributed by atoms with Crippen molar-refractivity contribution in [1.82, 2.24) is 0 Å². The third-order valence-corrected chi connectivity index (χ3v) is 3.11. The molecule has 2 nitrogen and oxygen atoms in total. The van der Waals surface area contributed by atoms with Gasteiger partial charge >= 0.3 is 0 Å². The SMILES string of the molecule is Cc1ccc(C(=O)/C=C/c2ccc(C#N)cc2)c(C)c1. The molecule has 0 aliphatic heterocycles. The van der Waals surface area contributed by atoms with Gasteiger partial charge in [0.15, 0.2) is 5.78 Å². The van der Waals surface area contributed by atoms with Crippen LogP contribution in [0, 0.1) is 25.2 Å². The highest BCUT2D eigenvalue weighted by Gasteiger charge is 2.05. The summed E-state index contributed by atoms with van der Waals surface area (Å²) < 4.78 is 0. The van der Waals surface area contributed by atoms with E-state index in [9.17, 15) is 4.79 Å². The molecule has 0 aromatic heterocycles. The molecule has 2 aromatic rings. The molecule has 0 atom stereocenters. The Labute approximate surface area is 119 Å². The molecule has 2 rings (SSSR count). The summed E-state index contributed by atoms with van der Waals surface area (Å²) in [5, 5.41) is 8.73. The Morgan fingerprint density at radius 2 is 1.80 bits per heavy atom. The molecule has 0 amide bonds. The van der Waals surface area contributed by atoms with Crippen molar-refractivity contribution in [2.24, 2.45) is 0 Å². The second kappa shape index (κ2) is 5.99. The first-order valence-electron chi connectivity index (χ1n) is 6.40. The van der Waals surface area contributed by atoms with Crippen LogP contribution in [0.4, 0.5) is 0 Å². The zero-order valence-corrected chi connectivity index (χ0v) is 11.6. The molecular formula is C18H15NO. The Hall–Kier alpha value is -2.66. The van der Waals surface area contributed by atoms with Crippen molar-refractivity contribution in [2.45, 2.75) is 13.8 Å². The van der Waals surface area contributed by atoms with Crippen molar-refractivity contribution in [1.29, 1.82) is 5.26 Å². The normalized spacial score (nSPS) is 10.4. The predicted molar refractivity (Wildman–Crippen MR) is 80.4 cm³/mol. The molecule has 0 saturated heterocycles. The minimum atomic E-state index is -0.00754. The Balaban J connectivity index is 2.18. The highest BCUT2D eigenvalue weighted by molar-refractivity contribution is 6.07. The first kappa shape index (κ1) is 13.8. The summed E-state index contributed by atoms with van der Waals surface area (Å²) in [7, 11) is 0. The van der Waals surface area contributed by atoms with Crippen LogP contribution in [-0.2, 0) is 0 Å². The molecule has 0 spiro atoms. The first-order valence-corrected chi connectivity index (χ1v) is 6.40. The van der Waals surface area contributed by atoms with Gasteiger partial charge in [-0.15, -0.1) is 0 Å². The lowest BCUT2D eigenvalue weighted by Gasteiger charge is -2.02. The number of allylic oxidation sites excluding steroid dienone is 1. The average molecular weight is 261 g/mol. The summed E-state index contributed by atoms with van der Waals surface area (Å²) in [6, 6.07) is 15.0. The number of nitrogens with zero attached hydrogens (tertiary/aromatic N) is 1. The van der Waals surface area contributed by atoms with E-state index in [-0.39, 0.29) is 5.78 Å². The van der Waals surface area contributed by atoms with Crippen LogP contribution in [0.15, 0.2) is 48.5 Å². The fraction of sp³-hybridized carbons (Fsp3) is 0.111. The highest BCUT2D eigenvalue weighted by atomic mass is 16.1. The van der Waals surface area contributed by atoms with Crippen molar-refractivity contribution in [3.8, 4) is 6.07 Å². The molecule has 2 heteroatoms. The third-order valence-electron chi connectivity index (χ3n) is 3.11. The van der Waals surface area contributed by atoms with E-state index < -0.39 is 0 Å². The lowest BCUT2D eigenvalue weighted by atomic mass is 10.0. The summed E-state index contributed by atoms with van der Waals surface area (Å²) in [4.78, 5) is 12.1. The number of carbonyl (C=O) groups is 1. The average Bonchev–Trinajstić information content (AvgIpc) is 2.45. The summed E-state index contributed by atoms with van der Waals surface area (Å²) in [6.07, 6.45) is 3.34. The van der Waals surface area contributed by atoms with Crippen LogP contribution in [-0.4, -0.2) is 5.78 Å². The quantitative estimate of drug-likeness (QED) is 0.617. The van der Waals surface area contributed by atoms with Gasteiger partial charge in [0.05, 0.1) is 11.6 Å². The minimum absolute atomic E-state index is 0.00754. The molecule has 2 aromatic carbocycles. The van der Waals surface area contributed by atoms with Crippen molar-refractivity contribution in [3.05, 3.63) is 76.4 Å². The Kier molecular flexibility index (Phi) is 4.12. The van der Waals surface area contributed by atoms with Crippen LogP contribution in [0.2, 0.25) is 0 Å². The Morgan fingerprint density at radius 3 is 2.40 bits per heavy atom. The van der Waals surface area contributed by atoms with E-state index in [1.807, 2.05) is 44.2 Å². The maximum absolute atomic E-state index is 12.1. The molecule has 0 fully saturated rings. The molecule has 0 aliphatic carbocycles. The summed E-state index contributed by atoms with van der Waals surface area (Å²) in [5.74, 6) is -0.00754. The number of rotatable bonds is 3. The molecule has 98 valence electrons. The van der Waals surface area contributed by atoms with Crippen molar-refractivity contribution in [2.75, 3.05) is 0 Å². The molecule has 0 heterocycles. The van der Waals surface area contributed by atoms with Crippen molar-refractivity contribution >= 4 is 11.9 Å². The zero-order valence-electron chi connectivity index (χ0n) is 11.6. The molecule has 20 heavy (non-hydrogen) atoms. The molecular weight excluding hydrogens is 246 g/mol. The minimum Gasteiger partial charge on any atom is -0.289 e. The van der Waals surface area contributed by atoms with E-state index >= 15 is 0 Å². The zero-order chi connectivity index (χ0) is 14.5. The van der Waals surface area contributed by atoms with Gasteiger partial charge < -0.3 is 0 Å². The summed E-state index contributed by atoms with van der Waals surface area (Å²) in [5.41, 5.74) is 4.38. The predicted octanol–water partition coefficient (Wildman–Crippen LogP) is 4.07. The monoisotopic (exact) mass is 261 g/mol. The number of carbonyl (C=O) groups excluding carboxylic acids is 1. The first-order chi connectivity index (χ1) is 9.60. The van der Waals surface area contributed by atoms with E-state index in [0.29, 0.717) is 5.56 Å². The molecule has 0 unspecified atom stereocenters. The van der Waals surface area contributed by atoms with Gasteiger partial charge in [0.1, 0.15) is 0 Å². The van der Waals surface area contributed by atoms with Crippen LogP contribution in [0.25, 0.3) is 6.08 Å². The standard InChI is InChI=1S/C18H15NO/c1-13-3-9-17(14(2)11-13)18(20)10-8-15-4-6-16(12-19)7-5-15/h3-11H,1-2H3/b10-8+. The van der Waals surface area contributed by atoms with Gasteiger partial charge in [-0.3, -0.25) is 4.79 Å². The van der Waals surface area contributed by atoms with Gasteiger partial charge in [-0.1, -0.05) is 42.0 Å². The number of hydrogen-bond donors (Lipinski definition) is 0. The molecule has 0 N–H and O–H groups in total.